The predicted octanol–water partition coefficient (Wildman–Crippen LogP) is 11.3. The molecule has 0 bridgehead atoms. The van der Waals surface area contributed by atoms with Crippen molar-refractivity contribution in [2.75, 3.05) is 19.8 Å². The number of hydrogen-bond acceptors (Lipinski definition) is 10. The Kier molecular flexibility index (Phi) is 38.5. The fourth-order valence-electron chi connectivity index (χ4n) is 8.01. The summed E-state index contributed by atoms with van der Waals surface area (Å²) in [5.41, 5.74) is 0. The summed E-state index contributed by atoms with van der Waals surface area (Å²) >= 11 is 0. The van der Waals surface area contributed by atoms with Crippen LogP contribution in [0.25, 0.3) is 0 Å². The number of unbranched alkanes of at least 4 members (excludes halogenated alkanes) is 32. The van der Waals surface area contributed by atoms with Gasteiger partial charge in [0.05, 0.1) is 13.2 Å². The van der Waals surface area contributed by atoms with Crippen molar-refractivity contribution < 1.29 is 49.0 Å². The lowest BCUT2D eigenvalue weighted by Gasteiger charge is -2.39. The molecule has 10 heteroatoms. The molecule has 0 aromatic rings. The fraction of sp³-hybridized carbons (Fsp3) is 0.959. The van der Waals surface area contributed by atoms with Gasteiger partial charge in [-0.2, -0.15) is 0 Å². The van der Waals surface area contributed by atoms with Crippen molar-refractivity contribution in [3.63, 3.8) is 0 Å². The quantitative estimate of drug-likeness (QED) is 0.0345. The van der Waals surface area contributed by atoms with Gasteiger partial charge < -0.3 is 39.4 Å². The lowest BCUT2D eigenvalue weighted by atomic mass is 9.99. The van der Waals surface area contributed by atoms with E-state index >= 15 is 0 Å². The number of rotatable bonds is 43. The summed E-state index contributed by atoms with van der Waals surface area (Å²) in [6.07, 6.45) is 35.5. The van der Waals surface area contributed by atoms with Gasteiger partial charge in [0.25, 0.3) is 0 Å². The molecule has 1 rings (SSSR count). The highest BCUT2D eigenvalue weighted by Gasteiger charge is 2.44. The molecule has 1 heterocycles. The molecule has 1 fully saturated rings. The van der Waals surface area contributed by atoms with Crippen LogP contribution in [0.3, 0.4) is 0 Å². The van der Waals surface area contributed by atoms with Gasteiger partial charge in [0.15, 0.2) is 12.4 Å². The highest BCUT2D eigenvalue weighted by atomic mass is 16.7. The Morgan fingerprint density at radius 2 is 0.797 bits per heavy atom. The summed E-state index contributed by atoms with van der Waals surface area (Å²) in [6, 6.07) is 0. The van der Waals surface area contributed by atoms with Gasteiger partial charge in [0, 0.05) is 12.8 Å². The standard InChI is InChI=1S/C49H94O10/c1-3-5-7-9-11-13-15-17-18-19-20-21-22-23-24-25-26-28-30-32-34-36-38-45(52)58-42(41-57-49-48(55)47(54)46(53)43(39-50)59-49)40-56-44(51)37-35-33-31-29-27-16-14-12-10-8-6-4-2/h42-43,46-50,53-55H,3-41H2,1-2H3/t42-,43-,46+,47?,48?,49-/m1/s1. The monoisotopic (exact) mass is 843 g/mol. The molecule has 0 radical (unpaired) electrons. The second kappa shape index (κ2) is 40.8. The Morgan fingerprint density at radius 3 is 1.15 bits per heavy atom. The van der Waals surface area contributed by atoms with Gasteiger partial charge in [-0.1, -0.05) is 219 Å². The average Bonchev–Trinajstić information content (AvgIpc) is 3.23. The Labute approximate surface area is 361 Å². The highest BCUT2D eigenvalue weighted by Crippen LogP contribution is 2.23. The van der Waals surface area contributed by atoms with E-state index in [0.717, 1.165) is 32.1 Å². The fourth-order valence-corrected chi connectivity index (χ4v) is 8.01. The third-order valence-electron chi connectivity index (χ3n) is 12.0. The Bertz CT molecular complexity index is 932. The Morgan fingerprint density at radius 1 is 0.458 bits per heavy atom. The SMILES string of the molecule is CCCCCCCCCCCCCCCCCCCCCCCCC(=O)O[C@H](COC(=O)CCCCCCCCCCCCCC)CO[C@@H]1O[C@H](CO)[C@H](O)C(O)C1O. The van der Waals surface area contributed by atoms with Crippen molar-refractivity contribution in [1.29, 1.82) is 0 Å². The molecule has 6 atom stereocenters. The highest BCUT2D eigenvalue weighted by molar-refractivity contribution is 5.70. The minimum absolute atomic E-state index is 0.209. The van der Waals surface area contributed by atoms with Gasteiger partial charge >= 0.3 is 11.9 Å². The van der Waals surface area contributed by atoms with Crippen molar-refractivity contribution in [2.24, 2.45) is 0 Å². The van der Waals surface area contributed by atoms with Crippen LogP contribution in [-0.4, -0.2) is 89.0 Å². The zero-order valence-corrected chi connectivity index (χ0v) is 38.3. The number of hydrogen-bond donors (Lipinski definition) is 4. The molecule has 350 valence electrons. The first-order valence-electron chi connectivity index (χ1n) is 25.1. The number of aliphatic hydroxyl groups excluding tert-OH is 4. The molecule has 10 nitrogen and oxygen atoms in total. The van der Waals surface area contributed by atoms with E-state index in [2.05, 4.69) is 13.8 Å². The molecular formula is C49H94O10. The van der Waals surface area contributed by atoms with E-state index in [1.54, 1.807) is 0 Å². The average molecular weight is 843 g/mol. The topological polar surface area (TPSA) is 152 Å². The van der Waals surface area contributed by atoms with Crippen LogP contribution in [0.1, 0.15) is 245 Å². The zero-order chi connectivity index (χ0) is 43.0. The summed E-state index contributed by atoms with van der Waals surface area (Å²) < 4.78 is 22.2. The van der Waals surface area contributed by atoms with Crippen molar-refractivity contribution in [3.05, 3.63) is 0 Å². The summed E-state index contributed by atoms with van der Waals surface area (Å²) in [5.74, 6) is -0.789. The van der Waals surface area contributed by atoms with E-state index in [9.17, 15) is 30.0 Å². The number of ether oxygens (including phenoxy) is 4. The third-order valence-corrected chi connectivity index (χ3v) is 12.0. The molecule has 0 aromatic carbocycles. The third kappa shape index (κ3) is 32.1. The first kappa shape index (κ1) is 55.7. The molecule has 0 aliphatic carbocycles. The maximum atomic E-state index is 12.8. The largest absolute Gasteiger partial charge is 0.462 e. The molecule has 59 heavy (non-hydrogen) atoms. The lowest BCUT2D eigenvalue weighted by molar-refractivity contribution is -0.305. The maximum Gasteiger partial charge on any atom is 0.306 e. The Balaban J connectivity index is 2.22. The normalized spacial score (nSPS) is 19.9. The molecule has 1 aliphatic heterocycles. The van der Waals surface area contributed by atoms with Crippen LogP contribution in [0.4, 0.5) is 0 Å². The summed E-state index contributed by atoms with van der Waals surface area (Å²) in [5, 5.41) is 40.1. The predicted molar refractivity (Wildman–Crippen MR) is 238 cm³/mol. The van der Waals surface area contributed by atoms with Crippen molar-refractivity contribution in [2.45, 2.75) is 282 Å². The van der Waals surface area contributed by atoms with Crippen LogP contribution < -0.4 is 0 Å². The smallest absolute Gasteiger partial charge is 0.306 e. The zero-order valence-electron chi connectivity index (χ0n) is 38.3. The van der Waals surface area contributed by atoms with Crippen LogP contribution in [0, 0.1) is 0 Å². The van der Waals surface area contributed by atoms with Crippen LogP contribution in [0.5, 0.6) is 0 Å². The van der Waals surface area contributed by atoms with E-state index in [1.807, 2.05) is 0 Å². The van der Waals surface area contributed by atoms with Gasteiger partial charge in [0.1, 0.15) is 31.0 Å². The van der Waals surface area contributed by atoms with E-state index in [4.69, 9.17) is 18.9 Å². The van der Waals surface area contributed by atoms with Gasteiger partial charge in [-0.05, 0) is 12.8 Å². The van der Waals surface area contributed by atoms with Gasteiger partial charge in [-0.3, -0.25) is 9.59 Å². The van der Waals surface area contributed by atoms with E-state index in [0.29, 0.717) is 6.42 Å². The first-order chi connectivity index (χ1) is 28.8. The number of carbonyl (C=O) groups is 2. The molecule has 1 saturated heterocycles. The lowest BCUT2D eigenvalue weighted by Crippen LogP contribution is -2.59. The van der Waals surface area contributed by atoms with E-state index in [1.165, 1.54) is 180 Å². The molecule has 4 N–H and O–H groups in total. The van der Waals surface area contributed by atoms with Crippen molar-refractivity contribution >= 4 is 11.9 Å². The maximum absolute atomic E-state index is 12.8. The van der Waals surface area contributed by atoms with E-state index < -0.39 is 49.4 Å². The minimum atomic E-state index is -1.59. The molecular weight excluding hydrogens is 749 g/mol. The van der Waals surface area contributed by atoms with E-state index in [-0.39, 0.29) is 32.0 Å². The molecule has 0 amide bonds. The summed E-state index contributed by atoms with van der Waals surface area (Å²) in [4.78, 5) is 25.4. The number of aliphatic hydroxyl groups is 4. The second-order valence-corrected chi connectivity index (χ2v) is 17.6. The van der Waals surface area contributed by atoms with Gasteiger partial charge in [0.2, 0.25) is 0 Å². The molecule has 0 spiro atoms. The van der Waals surface area contributed by atoms with Crippen LogP contribution in [0.2, 0.25) is 0 Å². The van der Waals surface area contributed by atoms with Crippen molar-refractivity contribution in [1.82, 2.24) is 0 Å². The minimum Gasteiger partial charge on any atom is -0.462 e. The van der Waals surface area contributed by atoms with Crippen LogP contribution in [-0.2, 0) is 28.5 Å². The second-order valence-electron chi connectivity index (χ2n) is 17.6. The Hall–Kier alpha value is -1.30. The van der Waals surface area contributed by atoms with Crippen LogP contribution in [0.15, 0.2) is 0 Å². The van der Waals surface area contributed by atoms with Gasteiger partial charge in [-0.15, -0.1) is 0 Å². The summed E-state index contributed by atoms with van der Waals surface area (Å²) in [6.45, 7) is 3.46. The number of esters is 2. The van der Waals surface area contributed by atoms with Crippen molar-refractivity contribution in [3.8, 4) is 0 Å². The molecule has 2 unspecified atom stereocenters. The number of carbonyl (C=O) groups excluding carboxylic acids is 2. The molecule has 0 aromatic heterocycles. The first-order valence-corrected chi connectivity index (χ1v) is 25.1. The van der Waals surface area contributed by atoms with Gasteiger partial charge in [-0.25, -0.2) is 0 Å². The molecule has 0 saturated carbocycles. The summed E-state index contributed by atoms with van der Waals surface area (Å²) in [7, 11) is 0. The molecule has 1 aliphatic rings. The van der Waals surface area contributed by atoms with Crippen LogP contribution >= 0.6 is 0 Å².